The second-order valence-corrected chi connectivity index (χ2v) is 5.64. The Balaban J connectivity index is 2.21. The Kier molecular flexibility index (Phi) is 4.00. The van der Waals surface area contributed by atoms with Crippen LogP contribution in [0.15, 0.2) is 54.3 Å². The smallest absolute Gasteiger partial charge is 0.197 e. The fourth-order valence-corrected chi connectivity index (χ4v) is 1.93. The first-order valence-electron chi connectivity index (χ1n) is 6.63. The molecule has 0 amide bonds. The summed E-state index contributed by atoms with van der Waals surface area (Å²) in [6, 6.07) is 3.45. The average molecular weight is 269 g/mol. The summed E-state index contributed by atoms with van der Waals surface area (Å²) >= 11 is 0. The zero-order valence-electron chi connectivity index (χ0n) is 12.0. The average Bonchev–Trinajstić information content (AvgIpc) is 2.59. The minimum atomic E-state index is -1.16. The molecule has 0 saturated carbocycles. The van der Waals surface area contributed by atoms with Gasteiger partial charge in [0.25, 0.3) is 0 Å². The fourth-order valence-electron chi connectivity index (χ4n) is 1.93. The second-order valence-electron chi connectivity index (χ2n) is 5.64. The third-order valence-electron chi connectivity index (χ3n) is 3.28. The highest BCUT2D eigenvalue weighted by Crippen LogP contribution is 2.24. The number of Topliss-reactive ketones (excluding diaryl/α,β-unsaturated/α-hetero) is 1. The van der Waals surface area contributed by atoms with E-state index >= 15 is 0 Å². The van der Waals surface area contributed by atoms with Crippen LogP contribution in [0.5, 0.6) is 0 Å². The first-order valence-corrected chi connectivity index (χ1v) is 6.63. The number of carbonyl (C=O) groups is 1. The van der Waals surface area contributed by atoms with E-state index in [1.807, 2.05) is 31.2 Å². The first-order chi connectivity index (χ1) is 9.39. The van der Waals surface area contributed by atoms with E-state index < -0.39 is 6.10 Å². The van der Waals surface area contributed by atoms with Crippen LogP contribution < -0.4 is 0 Å². The molecule has 104 valence electrons. The molecule has 3 nitrogen and oxygen atoms in total. The number of hydrogen-bond acceptors (Lipinski definition) is 3. The van der Waals surface area contributed by atoms with E-state index in [9.17, 15) is 9.90 Å². The van der Waals surface area contributed by atoms with Crippen molar-refractivity contribution in [1.82, 2.24) is 4.98 Å². The molecule has 1 aromatic heterocycles. The van der Waals surface area contributed by atoms with Crippen LogP contribution >= 0.6 is 0 Å². The van der Waals surface area contributed by atoms with Crippen molar-refractivity contribution >= 4 is 5.78 Å². The second kappa shape index (κ2) is 5.55. The van der Waals surface area contributed by atoms with Gasteiger partial charge in [0, 0.05) is 22.9 Å². The third kappa shape index (κ3) is 3.31. The van der Waals surface area contributed by atoms with E-state index in [1.165, 1.54) is 6.20 Å². The SMILES string of the molecule is Cc1ccc(C(=O)C(O)C2=CC=CC(C)(C)C=C2)cn1. The Morgan fingerprint density at radius 3 is 2.70 bits per heavy atom. The van der Waals surface area contributed by atoms with Crippen molar-refractivity contribution in [1.29, 1.82) is 0 Å². The van der Waals surface area contributed by atoms with Crippen LogP contribution in [0.2, 0.25) is 0 Å². The molecular weight excluding hydrogens is 250 g/mol. The van der Waals surface area contributed by atoms with Crippen molar-refractivity contribution in [2.45, 2.75) is 26.9 Å². The summed E-state index contributed by atoms with van der Waals surface area (Å²) in [4.78, 5) is 16.3. The normalized spacial score (nSPS) is 18.3. The van der Waals surface area contributed by atoms with Gasteiger partial charge in [0.1, 0.15) is 6.10 Å². The number of aromatic nitrogens is 1. The molecule has 1 heterocycles. The summed E-state index contributed by atoms with van der Waals surface area (Å²) in [7, 11) is 0. The molecule has 0 aromatic carbocycles. The van der Waals surface area contributed by atoms with Crippen molar-refractivity contribution in [3.05, 3.63) is 65.5 Å². The maximum absolute atomic E-state index is 12.2. The molecule has 1 aromatic rings. The van der Waals surface area contributed by atoms with Gasteiger partial charge in [-0.1, -0.05) is 44.2 Å². The molecule has 0 bridgehead atoms. The number of rotatable bonds is 3. The van der Waals surface area contributed by atoms with E-state index in [0.29, 0.717) is 11.1 Å². The Morgan fingerprint density at radius 2 is 2.05 bits per heavy atom. The number of aliphatic hydroxyl groups excluding tert-OH is 1. The molecule has 0 spiro atoms. The predicted octanol–water partition coefficient (Wildman–Crippen LogP) is 3.01. The van der Waals surface area contributed by atoms with Gasteiger partial charge in [0.15, 0.2) is 5.78 Å². The summed E-state index contributed by atoms with van der Waals surface area (Å²) < 4.78 is 0. The largest absolute Gasteiger partial charge is 0.380 e. The molecule has 20 heavy (non-hydrogen) atoms. The van der Waals surface area contributed by atoms with Gasteiger partial charge in [-0.05, 0) is 24.6 Å². The highest BCUT2D eigenvalue weighted by molar-refractivity contribution is 6.01. The van der Waals surface area contributed by atoms with E-state index in [4.69, 9.17) is 0 Å². The van der Waals surface area contributed by atoms with Crippen molar-refractivity contribution in [3.63, 3.8) is 0 Å². The molecule has 0 radical (unpaired) electrons. The number of aryl methyl sites for hydroxylation is 1. The van der Waals surface area contributed by atoms with Gasteiger partial charge in [-0.15, -0.1) is 0 Å². The van der Waals surface area contributed by atoms with Crippen LogP contribution in [0.1, 0.15) is 29.9 Å². The lowest BCUT2D eigenvalue weighted by Gasteiger charge is -2.13. The Labute approximate surface area is 119 Å². The zero-order chi connectivity index (χ0) is 14.8. The van der Waals surface area contributed by atoms with Crippen LogP contribution in [-0.4, -0.2) is 22.0 Å². The van der Waals surface area contributed by atoms with Crippen LogP contribution in [0.25, 0.3) is 0 Å². The van der Waals surface area contributed by atoms with Crippen molar-refractivity contribution < 1.29 is 9.90 Å². The third-order valence-corrected chi connectivity index (χ3v) is 3.28. The van der Waals surface area contributed by atoms with Gasteiger partial charge >= 0.3 is 0 Å². The fraction of sp³-hybridized carbons (Fsp3) is 0.294. The quantitative estimate of drug-likeness (QED) is 0.858. The zero-order valence-corrected chi connectivity index (χ0v) is 12.0. The van der Waals surface area contributed by atoms with Gasteiger partial charge in [-0.25, -0.2) is 0 Å². The van der Waals surface area contributed by atoms with Crippen LogP contribution in [-0.2, 0) is 0 Å². The van der Waals surface area contributed by atoms with E-state index in [0.717, 1.165) is 5.69 Å². The number of aliphatic hydroxyl groups is 1. The topological polar surface area (TPSA) is 50.2 Å². The molecule has 1 unspecified atom stereocenters. The van der Waals surface area contributed by atoms with Crippen molar-refractivity contribution in [2.75, 3.05) is 0 Å². The van der Waals surface area contributed by atoms with E-state index in [1.54, 1.807) is 18.2 Å². The van der Waals surface area contributed by atoms with E-state index in [-0.39, 0.29) is 11.2 Å². The lowest BCUT2D eigenvalue weighted by molar-refractivity contribution is 0.0809. The maximum atomic E-state index is 12.2. The molecule has 0 fully saturated rings. The summed E-state index contributed by atoms with van der Waals surface area (Å²) in [5.74, 6) is -0.332. The van der Waals surface area contributed by atoms with Crippen molar-refractivity contribution in [3.8, 4) is 0 Å². The number of allylic oxidation sites excluding steroid dienone is 4. The lowest BCUT2D eigenvalue weighted by atomic mass is 9.92. The number of hydrogen-bond donors (Lipinski definition) is 1. The molecule has 0 saturated heterocycles. The summed E-state index contributed by atoms with van der Waals surface area (Å²) in [6.45, 7) is 5.98. The summed E-state index contributed by atoms with van der Waals surface area (Å²) in [5.41, 5.74) is 1.78. The van der Waals surface area contributed by atoms with Crippen LogP contribution in [0, 0.1) is 12.3 Å². The number of pyridine rings is 1. The highest BCUT2D eigenvalue weighted by atomic mass is 16.3. The molecule has 1 aliphatic carbocycles. The van der Waals surface area contributed by atoms with Gasteiger partial charge in [-0.3, -0.25) is 9.78 Å². The molecular formula is C17H19NO2. The number of ketones is 1. The lowest BCUT2D eigenvalue weighted by Crippen LogP contribution is -2.22. The standard InChI is InChI=1S/C17H19NO2/c1-12-6-7-14(11-18-12)16(20)15(19)13-5-4-9-17(2,3)10-8-13/h4-11,15,19H,1-3H3. The Morgan fingerprint density at radius 1 is 1.30 bits per heavy atom. The number of nitrogens with zero attached hydrogens (tertiary/aromatic N) is 1. The van der Waals surface area contributed by atoms with Gasteiger partial charge in [0.2, 0.25) is 0 Å². The Hall–Kier alpha value is -2.00. The predicted molar refractivity (Wildman–Crippen MR) is 79.5 cm³/mol. The molecule has 0 aliphatic heterocycles. The minimum absolute atomic E-state index is 0.0770. The molecule has 1 atom stereocenters. The summed E-state index contributed by atoms with van der Waals surface area (Å²) in [5, 5.41) is 10.2. The van der Waals surface area contributed by atoms with Crippen molar-refractivity contribution in [2.24, 2.45) is 5.41 Å². The van der Waals surface area contributed by atoms with Gasteiger partial charge in [-0.2, -0.15) is 0 Å². The highest BCUT2D eigenvalue weighted by Gasteiger charge is 2.21. The first kappa shape index (κ1) is 14.4. The molecule has 1 N–H and O–H groups in total. The van der Waals surface area contributed by atoms with E-state index in [2.05, 4.69) is 18.8 Å². The molecule has 2 rings (SSSR count). The monoisotopic (exact) mass is 269 g/mol. The van der Waals surface area contributed by atoms with Crippen LogP contribution in [0.4, 0.5) is 0 Å². The molecule has 3 heteroatoms. The minimum Gasteiger partial charge on any atom is -0.380 e. The Bertz CT molecular complexity index is 592. The van der Waals surface area contributed by atoms with Crippen LogP contribution in [0.3, 0.4) is 0 Å². The van der Waals surface area contributed by atoms with Gasteiger partial charge in [0.05, 0.1) is 0 Å². The summed E-state index contributed by atoms with van der Waals surface area (Å²) in [6.07, 6.45) is 9.81. The maximum Gasteiger partial charge on any atom is 0.197 e. The van der Waals surface area contributed by atoms with Gasteiger partial charge < -0.3 is 5.11 Å². The number of carbonyl (C=O) groups excluding carboxylic acids is 1. The molecule has 1 aliphatic rings.